The number of amides is 1. The van der Waals surface area contributed by atoms with Gasteiger partial charge in [0.05, 0.1) is 21.7 Å². The van der Waals surface area contributed by atoms with Crippen molar-refractivity contribution in [3.63, 3.8) is 0 Å². The molecule has 0 saturated heterocycles. The molecule has 3 heterocycles. The second kappa shape index (κ2) is 8.66. The molecule has 33 heavy (non-hydrogen) atoms. The highest BCUT2D eigenvalue weighted by molar-refractivity contribution is 7.13. The summed E-state index contributed by atoms with van der Waals surface area (Å²) < 4.78 is 41.4. The average molecular weight is 473 g/mol. The first-order valence-electron chi connectivity index (χ1n) is 9.86. The van der Waals surface area contributed by atoms with Crippen LogP contribution in [0.25, 0.3) is 16.5 Å². The maximum Gasteiger partial charge on any atom is 0.417 e. The molecule has 11 heteroatoms. The van der Waals surface area contributed by atoms with Gasteiger partial charge in [-0.15, -0.1) is 11.3 Å². The first-order chi connectivity index (χ1) is 15.6. The molecule has 1 aromatic carbocycles. The number of anilines is 1. The summed E-state index contributed by atoms with van der Waals surface area (Å²) in [6, 6.07) is 11.0. The molecule has 7 nitrogen and oxygen atoms in total. The Morgan fingerprint density at radius 2 is 1.91 bits per heavy atom. The van der Waals surface area contributed by atoms with Crippen LogP contribution in [-0.4, -0.2) is 25.7 Å². The molecule has 0 spiro atoms. The lowest BCUT2D eigenvalue weighted by molar-refractivity contribution is -0.137. The summed E-state index contributed by atoms with van der Waals surface area (Å²) in [5, 5.41) is 8.77. The van der Waals surface area contributed by atoms with Crippen molar-refractivity contribution < 1.29 is 18.0 Å². The molecule has 0 aliphatic carbocycles. The number of H-pyrrole nitrogens is 1. The molecule has 0 atom stereocenters. The van der Waals surface area contributed by atoms with Gasteiger partial charge in [0, 0.05) is 12.1 Å². The number of hydrogen-bond acceptors (Lipinski definition) is 5. The molecule has 170 valence electrons. The van der Waals surface area contributed by atoms with Crippen molar-refractivity contribution in [3.8, 4) is 16.5 Å². The normalized spacial score (nSPS) is 11.7. The minimum atomic E-state index is -4.70. The van der Waals surface area contributed by atoms with Gasteiger partial charge in [0.25, 0.3) is 11.5 Å². The lowest BCUT2D eigenvalue weighted by Crippen LogP contribution is -2.22. The molecule has 0 unspecified atom stereocenters. The monoisotopic (exact) mass is 473 g/mol. The van der Waals surface area contributed by atoms with Crippen LogP contribution in [0.3, 0.4) is 0 Å². The Balaban J connectivity index is 1.81. The van der Waals surface area contributed by atoms with Gasteiger partial charge in [-0.05, 0) is 29.5 Å². The Bertz CT molecular complexity index is 1360. The standard InChI is InChI=1S/C22H18F3N5O2S/c1-12(2)15-11-19(31)28-21(26-15)30-18(10-16(29-30)17-8-5-9-33-17)27-20(32)13-6-3-4-7-14(13)22(23,24)25/h3-12H,1-2H3,(H,27,32)(H,26,28,31). The maximum absolute atomic E-state index is 13.4. The van der Waals surface area contributed by atoms with Crippen LogP contribution in [0.15, 0.2) is 58.7 Å². The Labute approximate surface area is 189 Å². The van der Waals surface area contributed by atoms with Gasteiger partial charge in [-0.3, -0.25) is 14.6 Å². The highest BCUT2D eigenvalue weighted by atomic mass is 32.1. The van der Waals surface area contributed by atoms with E-state index < -0.39 is 28.8 Å². The number of thiophene rings is 1. The highest BCUT2D eigenvalue weighted by Crippen LogP contribution is 2.33. The SMILES string of the molecule is CC(C)c1cc(=O)[nH]c(-n2nc(-c3cccs3)cc2NC(=O)c2ccccc2C(F)(F)F)n1. The predicted octanol–water partition coefficient (Wildman–Crippen LogP) is 5.08. The third-order valence-corrected chi connectivity index (χ3v) is 5.64. The molecule has 2 N–H and O–H groups in total. The average Bonchev–Trinajstić information content (AvgIpc) is 3.42. The van der Waals surface area contributed by atoms with E-state index in [0.29, 0.717) is 11.4 Å². The van der Waals surface area contributed by atoms with Crippen molar-refractivity contribution >= 4 is 23.1 Å². The third-order valence-electron chi connectivity index (χ3n) is 4.74. The molecule has 4 rings (SSSR count). The number of aromatic nitrogens is 4. The van der Waals surface area contributed by atoms with Crippen molar-refractivity contribution in [1.82, 2.24) is 19.7 Å². The summed E-state index contributed by atoms with van der Waals surface area (Å²) in [5.74, 6) is -0.933. The largest absolute Gasteiger partial charge is 0.417 e. The molecule has 0 bridgehead atoms. The molecule has 1 amide bonds. The lowest BCUT2D eigenvalue weighted by Gasteiger charge is -2.13. The van der Waals surface area contributed by atoms with Gasteiger partial charge < -0.3 is 5.32 Å². The van der Waals surface area contributed by atoms with Crippen LogP contribution in [0.5, 0.6) is 0 Å². The number of aromatic amines is 1. The van der Waals surface area contributed by atoms with Gasteiger partial charge in [-0.2, -0.15) is 23.0 Å². The molecular formula is C22H18F3N5O2S. The molecule has 0 radical (unpaired) electrons. The Morgan fingerprint density at radius 3 is 2.58 bits per heavy atom. The first kappa shape index (κ1) is 22.5. The fourth-order valence-electron chi connectivity index (χ4n) is 3.15. The number of carbonyl (C=O) groups is 1. The van der Waals surface area contributed by atoms with Crippen LogP contribution in [0.4, 0.5) is 19.0 Å². The number of nitrogens with zero attached hydrogens (tertiary/aromatic N) is 3. The third kappa shape index (κ3) is 4.72. The molecular weight excluding hydrogens is 455 g/mol. The summed E-state index contributed by atoms with van der Waals surface area (Å²) >= 11 is 1.40. The number of alkyl halides is 3. The zero-order chi connectivity index (χ0) is 23.8. The molecule has 0 aliphatic heterocycles. The molecule has 0 fully saturated rings. The van der Waals surface area contributed by atoms with Crippen LogP contribution >= 0.6 is 11.3 Å². The van der Waals surface area contributed by atoms with E-state index in [2.05, 4.69) is 20.4 Å². The van der Waals surface area contributed by atoms with E-state index in [9.17, 15) is 22.8 Å². The zero-order valence-electron chi connectivity index (χ0n) is 17.5. The number of halogens is 3. The van der Waals surface area contributed by atoms with Crippen LogP contribution in [0.2, 0.25) is 0 Å². The number of hydrogen-bond donors (Lipinski definition) is 2. The van der Waals surface area contributed by atoms with Gasteiger partial charge in [0.1, 0.15) is 11.5 Å². The quantitative estimate of drug-likeness (QED) is 0.423. The van der Waals surface area contributed by atoms with Gasteiger partial charge >= 0.3 is 6.18 Å². The van der Waals surface area contributed by atoms with Crippen LogP contribution in [-0.2, 0) is 6.18 Å². The second-order valence-electron chi connectivity index (χ2n) is 7.45. The summed E-state index contributed by atoms with van der Waals surface area (Å²) in [5.41, 5.74) is -1.05. The van der Waals surface area contributed by atoms with Crippen LogP contribution in [0, 0.1) is 0 Å². The summed E-state index contributed by atoms with van der Waals surface area (Å²) in [6.07, 6.45) is -4.70. The fraction of sp³-hybridized carbons (Fsp3) is 0.182. The minimum Gasteiger partial charge on any atom is -0.306 e. The van der Waals surface area contributed by atoms with Crippen LogP contribution in [0.1, 0.15) is 41.4 Å². The van der Waals surface area contributed by atoms with Gasteiger partial charge in [0.15, 0.2) is 0 Å². The van der Waals surface area contributed by atoms with E-state index >= 15 is 0 Å². The van der Waals surface area contributed by atoms with Crippen LogP contribution < -0.4 is 10.9 Å². The van der Waals surface area contributed by atoms with Crippen molar-refractivity contribution in [2.75, 3.05) is 5.32 Å². The van der Waals surface area contributed by atoms with Gasteiger partial charge in [-0.25, -0.2) is 4.98 Å². The Kier molecular flexibility index (Phi) is 5.90. The second-order valence-corrected chi connectivity index (χ2v) is 8.40. The number of carbonyl (C=O) groups excluding carboxylic acids is 1. The van der Waals surface area contributed by atoms with E-state index in [1.54, 1.807) is 0 Å². The van der Waals surface area contributed by atoms with Gasteiger partial charge in [-0.1, -0.05) is 32.0 Å². The lowest BCUT2D eigenvalue weighted by atomic mass is 10.1. The highest BCUT2D eigenvalue weighted by Gasteiger charge is 2.35. The molecule has 0 saturated carbocycles. The molecule has 3 aromatic heterocycles. The van der Waals surface area contributed by atoms with Crippen molar-refractivity contribution in [1.29, 1.82) is 0 Å². The zero-order valence-corrected chi connectivity index (χ0v) is 18.3. The number of nitrogens with one attached hydrogen (secondary N) is 2. The van der Waals surface area contributed by atoms with E-state index in [0.717, 1.165) is 17.0 Å². The summed E-state index contributed by atoms with van der Waals surface area (Å²) in [7, 11) is 0. The molecule has 0 aliphatic rings. The number of benzene rings is 1. The summed E-state index contributed by atoms with van der Waals surface area (Å²) in [6.45, 7) is 3.73. The molecule has 4 aromatic rings. The van der Waals surface area contributed by atoms with Crippen molar-refractivity contribution in [2.45, 2.75) is 25.9 Å². The first-order valence-corrected chi connectivity index (χ1v) is 10.7. The van der Waals surface area contributed by atoms with E-state index in [4.69, 9.17) is 0 Å². The van der Waals surface area contributed by atoms with Crippen molar-refractivity contribution in [2.24, 2.45) is 0 Å². The predicted molar refractivity (Wildman–Crippen MR) is 119 cm³/mol. The van der Waals surface area contributed by atoms with E-state index in [-0.39, 0.29) is 17.7 Å². The topological polar surface area (TPSA) is 92.7 Å². The van der Waals surface area contributed by atoms with E-state index in [1.807, 2.05) is 31.4 Å². The van der Waals surface area contributed by atoms with Gasteiger partial charge in [0.2, 0.25) is 5.95 Å². The Morgan fingerprint density at radius 1 is 1.15 bits per heavy atom. The maximum atomic E-state index is 13.4. The number of rotatable bonds is 5. The van der Waals surface area contributed by atoms with E-state index in [1.165, 1.54) is 40.3 Å². The minimum absolute atomic E-state index is 0.0356. The fourth-order valence-corrected chi connectivity index (χ4v) is 3.83. The summed E-state index contributed by atoms with van der Waals surface area (Å²) in [4.78, 5) is 32.8. The Hall–Kier alpha value is -3.73. The smallest absolute Gasteiger partial charge is 0.306 e. The van der Waals surface area contributed by atoms with Crippen molar-refractivity contribution in [3.05, 3.63) is 81.1 Å².